The fourth-order valence-electron chi connectivity index (χ4n) is 2.00. The fourth-order valence-corrected chi connectivity index (χ4v) is 2.00. The average molecular weight is 315 g/mol. The number of hydrogen-bond acceptors (Lipinski definition) is 4. The molecule has 1 aromatic heterocycles. The van der Waals surface area contributed by atoms with Crippen LogP contribution in [-0.4, -0.2) is 19.8 Å². The number of halogens is 3. The van der Waals surface area contributed by atoms with Crippen molar-refractivity contribution in [1.29, 1.82) is 0 Å². The molecule has 1 aromatic carbocycles. The Kier molecular flexibility index (Phi) is 3.82. The number of nitro groups is 1. The van der Waals surface area contributed by atoms with Crippen molar-refractivity contribution in [3.8, 4) is 11.3 Å². The first-order valence-corrected chi connectivity index (χ1v) is 6.26. The van der Waals surface area contributed by atoms with Crippen molar-refractivity contribution >= 4 is 5.69 Å². The summed E-state index contributed by atoms with van der Waals surface area (Å²) in [6.45, 7) is 3.18. The summed E-state index contributed by atoms with van der Waals surface area (Å²) in [6, 6.07) is 4.41. The van der Waals surface area contributed by atoms with Crippen LogP contribution in [0.1, 0.15) is 31.3 Å². The second kappa shape index (κ2) is 5.32. The van der Waals surface area contributed by atoms with E-state index in [-0.39, 0.29) is 17.1 Å². The average Bonchev–Trinajstić information content (AvgIpc) is 2.76. The molecule has 2 rings (SSSR count). The van der Waals surface area contributed by atoms with Gasteiger partial charge in [-0.3, -0.25) is 10.1 Å². The molecule has 0 aliphatic heterocycles. The molecule has 2 aromatic rings. The number of aromatic nitrogens is 2. The first kappa shape index (κ1) is 15.8. The molecule has 1 N–H and O–H groups in total. The van der Waals surface area contributed by atoms with E-state index in [0.717, 1.165) is 24.3 Å². The summed E-state index contributed by atoms with van der Waals surface area (Å²) in [5, 5.41) is 20.6. The molecule has 0 amide bonds. The quantitative estimate of drug-likeness (QED) is 0.530. The highest BCUT2D eigenvalue weighted by Crippen LogP contribution is 2.38. The van der Waals surface area contributed by atoms with Crippen molar-refractivity contribution in [1.82, 2.24) is 9.71 Å². The Labute approximate surface area is 122 Å². The van der Waals surface area contributed by atoms with E-state index in [0.29, 0.717) is 4.73 Å². The van der Waals surface area contributed by atoms with Gasteiger partial charge in [0.1, 0.15) is 11.5 Å². The largest absolute Gasteiger partial charge is 0.435 e. The second-order valence-corrected chi connectivity index (χ2v) is 4.94. The molecule has 0 bridgehead atoms. The molecule has 22 heavy (non-hydrogen) atoms. The highest BCUT2D eigenvalue weighted by molar-refractivity contribution is 5.65. The summed E-state index contributed by atoms with van der Waals surface area (Å²) in [7, 11) is 0. The van der Waals surface area contributed by atoms with Crippen molar-refractivity contribution in [3.63, 3.8) is 0 Å². The molecule has 9 heteroatoms. The maximum absolute atomic E-state index is 13.1. The lowest BCUT2D eigenvalue weighted by Gasteiger charge is -2.08. The van der Waals surface area contributed by atoms with Gasteiger partial charge < -0.3 is 5.21 Å². The third-order valence-corrected chi connectivity index (χ3v) is 3.02. The normalized spacial score (nSPS) is 11.9. The van der Waals surface area contributed by atoms with Crippen LogP contribution in [0.25, 0.3) is 11.3 Å². The summed E-state index contributed by atoms with van der Waals surface area (Å²) in [5.74, 6) is -0.571. The van der Waals surface area contributed by atoms with Gasteiger partial charge >= 0.3 is 6.18 Å². The minimum atomic E-state index is -4.76. The first-order chi connectivity index (χ1) is 10.1. The molecule has 0 saturated heterocycles. The van der Waals surface area contributed by atoms with E-state index in [4.69, 9.17) is 0 Å². The molecule has 0 aliphatic carbocycles. The van der Waals surface area contributed by atoms with Gasteiger partial charge in [-0.05, 0) is 12.1 Å². The lowest BCUT2D eigenvalue weighted by atomic mass is 10.1. The van der Waals surface area contributed by atoms with Gasteiger partial charge in [-0.1, -0.05) is 13.8 Å². The minimum Gasteiger partial charge on any atom is -0.427 e. The van der Waals surface area contributed by atoms with Crippen molar-refractivity contribution in [2.24, 2.45) is 0 Å². The Hall–Kier alpha value is -2.58. The summed E-state index contributed by atoms with van der Waals surface area (Å²) in [4.78, 5) is 13.4. The van der Waals surface area contributed by atoms with Gasteiger partial charge in [0.2, 0.25) is 0 Å². The van der Waals surface area contributed by atoms with Gasteiger partial charge in [-0.15, -0.1) is 0 Å². The number of non-ortho nitro benzene ring substituents is 1. The van der Waals surface area contributed by atoms with Gasteiger partial charge in [-0.2, -0.15) is 17.9 Å². The summed E-state index contributed by atoms with van der Waals surface area (Å²) in [6.07, 6.45) is -4.76. The molecule has 0 atom stereocenters. The van der Waals surface area contributed by atoms with Gasteiger partial charge in [0.05, 0.1) is 4.92 Å². The highest BCUT2D eigenvalue weighted by atomic mass is 19.4. The van der Waals surface area contributed by atoms with Gasteiger partial charge in [0.25, 0.3) is 5.69 Å². The van der Waals surface area contributed by atoms with Crippen LogP contribution in [0.2, 0.25) is 0 Å². The van der Waals surface area contributed by atoms with E-state index >= 15 is 0 Å². The van der Waals surface area contributed by atoms with Crippen LogP contribution in [0.5, 0.6) is 0 Å². The minimum absolute atomic E-state index is 0.0141. The molecule has 0 aliphatic rings. The molecule has 118 valence electrons. The third kappa shape index (κ3) is 2.74. The van der Waals surface area contributed by atoms with Crippen molar-refractivity contribution in [3.05, 3.63) is 45.9 Å². The van der Waals surface area contributed by atoms with Crippen LogP contribution >= 0.6 is 0 Å². The number of nitro benzene ring substituents is 1. The zero-order valence-corrected chi connectivity index (χ0v) is 11.6. The van der Waals surface area contributed by atoms with Crippen LogP contribution in [-0.2, 0) is 6.18 Å². The molecule has 6 nitrogen and oxygen atoms in total. The summed E-state index contributed by atoms with van der Waals surface area (Å²) < 4.78 is 39.7. The van der Waals surface area contributed by atoms with Crippen molar-refractivity contribution < 1.29 is 23.3 Å². The standard InChI is InChI=1S/C13H12F3N3O3/c1-7(2)12-17-11(13(14,15)16)10(18(12)20)8-3-5-9(6-4-8)19(21)22/h3-7,20H,1-2H3. The van der Waals surface area contributed by atoms with E-state index in [2.05, 4.69) is 4.98 Å². The third-order valence-electron chi connectivity index (χ3n) is 3.02. The predicted molar refractivity (Wildman–Crippen MR) is 70.6 cm³/mol. The maximum Gasteiger partial charge on any atom is 0.435 e. The van der Waals surface area contributed by atoms with Crippen molar-refractivity contribution in [2.45, 2.75) is 25.9 Å². The van der Waals surface area contributed by atoms with Crippen LogP contribution in [0, 0.1) is 10.1 Å². The number of rotatable bonds is 3. The van der Waals surface area contributed by atoms with Crippen LogP contribution in [0.3, 0.4) is 0 Å². The number of imidazole rings is 1. The van der Waals surface area contributed by atoms with E-state index in [1.165, 1.54) is 0 Å². The first-order valence-electron chi connectivity index (χ1n) is 6.26. The molecule has 0 spiro atoms. The fraction of sp³-hybridized carbons (Fsp3) is 0.308. The molecule has 0 radical (unpaired) electrons. The lowest BCUT2D eigenvalue weighted by molar-refractivity contribution is -0.384. The topological polar surface area (TPSA) is 81.2 Å². The predicted octanol–water partition coefficient (Wildman–Crippen LogP) is 3.84. The molecule has 0 fully saturated rings. The van der Waals surface area contributed by atoms with Crippen molar-refractivity contribution in [2.75, 3.05) is 0 Å². The molecule has 0 unspecified atom stereocenters. The Morgan fingerprint density at radius 2 is 1.82 bits per heavy atom. The van der Waals surface area contributed by atoms with Crippen LogP contribution in [0.15, 0.2) is 24.3 Å². The van der Waals surface area contributed by atoms with E-state index in [1.54, 1.807) is 13.8 Å². The van der Waals surface area contributed by atoms with E-state index in [9.17, 15) is 28.5 Å². The summed E-state index contributed by atoms with van der Waals surface area (Å²) >= 11 is 0. The Morgan fingerprint density at radius 1 is 1.27 bits per heavy atom. The lowest BCUT2D eigenvalue weighted by Crippen LogP contribution is -2.08. The summed E-state index contributed by atoms with van der Waals surface area (Å²) in [5.41, 5.74) is -2.04. The van der Waals surface area contributed by atoms with E-state index < -0.39 is 28.4 Å². The smallest absolute Gasteiger partial charge is 0.427 e. The number of benzene rings is 1. The monoisotopic (exact) mass is 315 g/mol. The number of hydrogen-bond donors (Lipinski definition) is 1. The Bertz CT molecular complexity index is 706. The van der Waals surface area contributed by atoms with Gasteiger partial charge in [0.15, 0.2) is 5.69 Å². The Balaban J connectivity index is 2.65. The molecular formula is C13H12F3N3O3. The Morgan fingerprint density at radius 3 is 2.23 bits per heavy atom. The van der Waals surface area contributed by atoms with Gasteiger partial charge in [-0.25, -0.2) is 4.98 Å². The van der Waals surface area contributed by atoms with Crippen LogP contribution < -0.4 is 0 Å². The molecule has 1 heterocycles. The number of alkyl halides is 3. The number of nitrogens with zero attached hydrogens (tertiary/aromatic N) is 3. The highest BCUT2D eigenvalue weighted by Gasteiger charge is 2.40. The van der Waals surface area contributed by atoms with Crippen LogP contribution in [0.4, 0.5) is 18.9 Å². The SMILES string of the molecule is CC(C)c1nc(C(F)(F)F)c(-c2ccc([N+](=O)[O-])cc2)n1O. The second-order valence-electron chi connectivity index (χ2n) is 4.94. The molecule has 0 saturated carbocycles. The zero-order chi connectivity index (χ0) is 16.7. The van der Waals surface area contributed by atoms with Gasteiger partial charge in [0, 0.05) is 23.6 Å². The van der Waals surface area contributed by atoms with E-state index in [1.807, 2.05) is 0 Å². The molecular weight excluding hydrogens is 303 g/mol. The maximum atomic E-state index is 13.1. The zero-order valence-electron chi connectivity index (χ0n) is 11.6.